The number of aromatic amines is 1. The highest BCUT2D eigenvalue weighted by Crippen LogP contribution is 2.65. The van der Waals surface area contributed by atoms with Crippen LogP contribution in [-0.4, -0.2) is 63.0 Å². The number of Topliss-reactive ketones (excluding diaryl/α,β-unsaturated/α-hetero) is 1. The van der Waals surface area contributed by atoms with Gasteiger partial charge in [0.05, 0.1) is 16.3 Å². The van der Waals surface area contributed by atoms with Gasteiger partial charge < -0.3 is 20.5 Å². The van der Waals surface area contributed by atoms with E-state index in [2.05, 4.69) is 34.4 Å². The summed E-state index contributed by atoms with van der Waals surface area (Å²) in [5.41, 5.74) is 1.22. The van der Waals surface area contributed by atoms with Crippen LogP contribution in [-0.2, 0) is 9.59 Å². The van der Waals surface area contributed by atoms with Crippen molar-refractivity contribution in [2.24, 2.45) is 23.2 Å². The number of ketones is 1. The summed E-state index contributed by atoms with van der Waals surface area (Å²) < 4.78 is 15.2. The molecule has 230 valence electrons. The molecule has 3 amide bonds. The average Bonchev–Trinajstić information content (AvgIpc) is 3.51. The third-order valence-electron chi connectivity index (χ3n) is 9.18. The molecule has 1 saturated heterocycles. The average molecular weight is 618 g/mol. The molecule has 44 heavy (non-hydrogen) atoms. The third kappa shape index (κ3) is 5.27. The first kappa shape index (κ1) is 29.9. The van der Waals surface area contributed by atoms with Gasteiger partial charge in [0, 0.05) is 17.4 Å². The van der Waals surface area contributed by atoms with Crippen LogP contribution in [0.25, 0.3) is 21.1 Å². The molecule has 1 aliphatic heterocycles. The predicted octanol–water partition coefficient (Wildman–Crippen LogP) is 4.93. The zero-order valence-corrected chi connectivity index (χ0v) is 26.1. The molecule has 6 rings (SSSR count). The van der Waals surface area contributed by atoms with Gasteiger partial charge in [-0.15, -0.1) is 11.3 Å². The molecule has 2 aliphatic rings. The molecule has 5 atom stereocenters. The first-order valence-electron chi connectivity index (χ1n) is 15.0. The summed E-state index contributed by atoms with van der Waals surface area (Å²) in [6.07, 6.45) is 0.356. The van der Waals surface area contributed by atoms with Crippen LogP contribution in [0.2, 0.25) is 0 Å². The van der Waals surface area contributed by atoms with E-state index in [4.69, 9.17) is 0 Å². The van der Waals surface area contributed by atoms with Crippen molar-refractivity contribution in [3.63, 3.8) is 0 Å². The number of para-hydroxylation sites is 1. The zero-order valence-electron chi connectivity index (χ0n) is 25.3. The Morgan fingerprint density at radius 1 is 1.09 bits per heavy atom. The van der Waals surface area contributed by atoms with Gasteiger partial charge in [0.1, 0.15) is 23.6 Å². The lowest BCUT2D eigenvalue weighted by Gasteiger charge is -2.34. The van der Waals surface area contributed by atoms with E-state index in [9.17, 15) is 23.6 Å². The lowest BCUT2D eigenvalue weighted by molar-refractivity contribution is -0.142. The molecule has 2 aromatic carbocycles. The van der Waals surface area contributed by atoms with Gasteiger partial charge in [0.15, 0.2) is 5.01 Å². The second-order valence-electron chi connectivity index (χ2n) is 13.0. The Kier molecular flexibility index (Phi) is 7.55. The summed E-state index contributed by atoms with van der Waals surface area (Å²) in [6, 6.07) is 11.0. The Morgan fingerprint density at radius 3 is 2.55 bits per heavy atom. The van der Waals surface area contributed by atoms with Crippen LogP contribution < -0.4 is 10.6 Å². The zero-order chi connectivity index (χ0) is 31.5. The Labute approximate surface area is 258 Å². The minimum Gasteiger partial charge on any atom is -0.350 e. The number of amides is 3. The van der Waals surface area contributed by atoms with E-state index in [0.29, 0.717) is 23.5 Å². The van der Waals surface area contributed by atoms with Crippen LogP contribution in [0.1, 0.15) is 61.3 Å². The van der Waals surface area contributed by atoms with E-state index in [0.717, 1.165) is 10.2 Å². The number of nitrogens with zero attached hydrogens (tertiary/aromatic N) is 2. The minimum absolute atomic E-state index is 0.0664. The lowest BCUT2D eigenvalue weighted by atomic mass is 9.97. The number of hydrogen-bond donors (Lipinski definition) is 3. The first-order chi connectivity index (χ1) is 20.9. The fourth-order valence-electron chi connectivity index (χ4n) is 6.71. The summed E-state index contributed by atoms with van der Waals surface area (Å²) in [7, 11) is 0. The number of benzene rings is 2. The molecule has 3 heterocycles. The highest BCUT2D eigenvalue weighted by molar-refractivity contribution is 7.20. The Hall–Kier alpha value is -4.12. The summed E-state index contributed by atoms with van der Waals surface area (Å²) >= 11 is 1.28. The van der Waals surface area contributed by atoms with Gasteiger partial charge in [-0.25, -0.2) is 9.37 Å². The molecule has 3 N–H and O–H groups in total. The second-order valence-corrected chi connectivity index (χ2v) is 14.0. The van der Waals surface area contributed by atoms with E-state index in [1.54, 1.807) is 24.0 Å². The summed E-state index contributed by atoms with van der Waals surface area (Å²) in [5.74, 6) is -1.87. The van der Waals surface area contributed by atoms with Gasteiger partial charge in [-0.2, -0.15) is 0 Å². The van der Waals surface area contributed by atoms with Crippen molar-refractivity contribution >= 4 is 56.0 Å². The Balaban J connectivity index is 1.20. The van der Waals surface area contributed by atoms with Crippen LogP contribution in [0, 0.1) is 29.0 Å². The predicted molar refractivity (Wildman–Crippen MR) is 167 cm³/mol. The number of nitrogens with one attached hydrogen (secondary N) is 3. The SMILES string of the molecule is CC(C)C[C@H](NC(=O)c1cc2c(F)cccc2[nH]1)C(=O)N1C[C@H]2[C@@H]([C@H]1C(=O)N[C@@H](C)C(=O)c1nc3ccccc3s1)C2(C)C. The molecule has 0 spiro atoms. The van der Waals surface area contributed by atoms with Crippen LogP contribution in [0.15, 0.2) is 48.5 Å². The molecule has 11 heteroatoms. The second kappa shape index (κ2) is 11.1. The number of carbonyl (C=O) groups excluding carboxylic acids is 4. The lowest BCUT2D eigenvalue weighted by Crippen LogP contribution is -2.57. The van der Waals surface area contributed by atoms with Crippen molar-refractivity contribution in [1.82, 2.24) is 25.5 Å². The van der Waals surface area contributed by atoms with E-state index < -0.39 is 29.8 Å². The highest BCUT2D eigenvalue weighted by Gasteiger charge is 2.69. The summed E-state index contributed by atoms with van der Waals surface area (Å²) in [5, 5.41) is 6.32. The molecule has 1 saturated carbocycles. The first-order valence-corrected chi connectivity index (χ1v) is 15.8. The van der Waals surface area contributed by atoms with Crippen LogP contribution >= 0.6 is 11.3 Å². The monoisotopic (exact) mass is 617 g/mol. The van der Waals surface area contributed by atoms with Gasteiger partial charge in [-0.05, 0) is 66.8 Å². The van der Waals surface area contributed by atoms with Crippen molar-refractivity contribution < 1.29 is 23.6 Å². The van der Waals surface area contributed by atoms with Crippen molar-refractivity contribution in [2.45, 2.75) is 59.2 Å². The number of aromatic nitrogens is 2. The molecule has 2 aromatic heterocycles. The molecule has 2 fully saturated rings. The number of hydrogen-bond acceptors (Lipinski definition) is 6. The van der Waals surface area contributed by atoms with Gasteiger partial charge in [-0.1, -0.05) is 45.9 Å². The Bertz CT molecular complexity index is 1760. The van der Waals surface area contributed by atoms with Gasteiger partial charge in [0.25, 0.3) is 5.91 Å². The number of H-pyrrole nitrogens is 1. The number of rotatable bonds is 9. The Morgan fingerprint density at radius 2 is 1.84 bits per heavy atom. The quantitative estimate of drug-likeness (QED) is 0.230. The van der Waals surface area contributed by atoms with Crippen molar-refractivity contribution in [3.8, 4) is 0 Å². The van der Waals surface area contributed by atoms with Crippen LogP contribution in [0.5, 0.6) is 0 Å². The van der Waals surface area contributed by atoms with Crippen LogP contribution in [0.3, 0.4) is 0 Å². The number of likely N-dealkylation sites (tertiary alicyclic amines) is 1. The molecule has 0 radical (unpaired) electrons. The topological polar surface area (TPSA) is 124 Å². The van der Waals surface area contributed by atoms with Gasteiger partial charge in [0.2, 0.25) is 17.6 Å². The number of halogens is 1. The largest absolute Gasteiger partial charge is 0.350 e. The van der Waals surface area contributed by atoms with E-state index in [-0.39, 0.29) is 51.8 Å². The molecule has 0 unspecified atom stereocenters. The van der Waals surface area contributed by atoms with E-state index >= 15 is 0 Å². The number of carbonyl (C=O) groups is 4. The normalized spacial score (nSPS) is 21.7. The van der Waals surface area contributed by atoms with Crippen molar-refractivity contribution in [2.75, 3.05) is 6.54 Å². The number of fused-ring (bicyclic) bond motifs is 3. The molecule has 4 aromatic rings. The molecule has 1 aliphatic carbocycles. The number of piperidine rings is 1. The highest BCUT2D eigenvalue weighted by atomic mass is 32.1. The van der Waals surface area contributed by atoms with Gasteiger partial charge in [-0.3, -0.25) is 19.2 Å². The fraction of sp³-hybridized carbons (Fsp3) is 0.424. The summed E-state index contributed by atoms with van der Waals surface area (Å²) in [4.78, 5) is 63.4. The molecular weight excluding hydrogens is 581 g/mol. The van der Waals surface area contributed by atoms with Crippen LogP contribution in [0.4, 0.5) is 4.39 Å². The van der Waals surface area contributed by atoms with Crippen molar-refractivity contribution in [3.05, 3.63) is 65.0 Å². The maximum atomic E-state index is 14.3. The van der Waals surface area contributed by atoms with Crippen molar-refractivity contribution in [1.29, 1.82) is 0 Å². The number of thiazole rings is 1. The van der Waals surface area contributed by atoms with E-state index in [1.807, 2.05) is 38.1 Å². The molecule has 9 nitrogen and oxygen atoms in total. The minimum atomic E-state index is -0.892. The summed E-state index contributed by atoms with van der Waals surface area (Å²) in [6.45, 7) is 10.1. The standard InChI is InChI=1S/C33H36FN5O4S/c1-16(2)13-24(37-29(41)23-14-18-20(34)9-8-11-21(18)36-23)32(43)39-15-19-26(33(19,4)5)27(39)30(42)35-17(3)28(40)31-38-22-10-6-7-12-25(22)44-31/h6-12,14,16-17,19,24,26-27,36H,13,15H2,1-5H3,(H,35,42)(H,37,41)/t17-,19-,24-,26-,27-/m0/s1. The maximum absolute atomic E-state index is 14.3. The smallest absolute Gasteiger partial charge is 0.268 e. The van der Waals surface area contributed by atoms with E-state index in [1.165, 1.54) is 23.5 Å². The fourth-order valence-corrected chi connectivity index (χ4v) is 7.70. The molecule has 0 bridgehead atoms. The molecular formula is C33H36FN5O4S. The maximum Gasteiger partial charge on any atom is 0.268 e. The van der Waals surface area contributed by atoms with Gasteiger partial charge >= 0.3 is 0 Å². The third-order valence-corrected chi connectivity index (χ3v) is 10.2.